The molecule has 0 aliphatic heterocycles. The summed E-state index contributed by atoms with van der Waals surface area (Å²) in [5.41, 5.74) is 5.57. The van der Waals surface area contributed by atoms with Gasteiger partial charge >= 0.3 is 11.9 Å². The quantitative estimate of drug-likeness (QED) is 0.746. The number of hydrogen-bond donors (Lipinski definition) is 2. The van der Waals surface area contributed by atoms with Crippen molar-refractivity contribution in [1.29, 1.82) is 0 Å². The van der Waals surface area contributed by atoms with E-state index in [0.29, 0.717) is 11.8 Å². The van der Waals surface area contributed by atoms with Crippen LogP contribution in [0.4, 0.5) is 0 Å². The lowest BCUT2D eigenvalue weighted by Crippen LogP contribution is -2.51. The van der Waals surface area contributed by atoms with Crippen LogP contribution in [0.5, 0.6) is 0 Å². The lowest BCUT2D eigenvalue weighted by atomic mass is 9.55. The van der Waals surface area contributed by atoms with E-state index in [1.807, 2.05) is 0 Å². The molecule has 0 aromatic heterocycles. The van der Waals surface area contributed by atoms with Crippen molar-refractivity contribution >= 4 is 11.9 Å². The number of carboxylic acid groups (broad SMARTS) is 1. The Morgan fingerprint density at radius 1 is 1.11 bits per heavy atom. The molecule has 0 aromatic carbocycles. The molecule has 0 spiro atoms. The first-order valence-electron chi connectivity index (χ1n) is 7.20. The first kappa shape index (κ1) is 12.9. The van der Waals surface area contributed by atoms with Crippen molar-refractivity contribution < 1.29 is 19.4 Å². The fourth-order valence-corrected chi connectivity index (χ4v) is 4.56. The fraction of sp³-hybridized carbons (Fsp3) is 0.857. The van der Waals surface area contributed by atoms with Gasteiger partial charge in [-0.05, 0) is 55.8 Å². The Bertz CT molecular complexity index is 367. The molecule has 4 aliphatic rings. The predicted octanol–water partition coefficient (Wildman–Crippen LogP) is 1.16. The highest BCUT2D eigenvalue weighted by molar-refractivity contribution is 5.81. The fourth-order valence-electron chi connectivity index (χ4n) is 4.56. The Labute approximate surface area is 112 Å². The number of carbonyl (C=O) groups excluding carboxylic acids is 1. The standard InChI is InChI=1S/C14H21NO4/c15-11(6-12(16)17)14(18)19-13-9-2-7-1-8(4-9)5-10(13)3-7/h7-11,13H,1-6,15H2,(H,16,17). The van der Waals surface area contributed by atoms with E-state index in [2.05, 4.69) is 0 Å². The van der Waals surface area contributed by atoms with Gasteiger partial charge in [0.1, 0.15) is 12.1 Å². The molecule has 3 N–H and O–H groups in total. The summed E-state index contributed by atoms with van der Waals surface area (Å²) in [7, 11) is 0. The van der Waals surface area contributed by atoms with Crippen molar-refractivity contribution in [2.24, 2.45) is 29.4 Å². The number of carbonyl (C=O) groups is 2. The SMILES string of the molecule is NC(CC(=O)O)C(=O)OC1C2CC3CC(C2)CC1C3. The number of nitrogens with two attached hydrogens (primary N) is 1. The minimum Gasteiger partial charge on any atom is -0.481 e. The number of ether oxygens (including phenoxy) is 1. The zero-order valence-corrected chi connectivity index (χ0v) is 11.0. The maximum atomic E-state index is 11.9. The van der Waals surface area contributed by atoms with Gasteiger partial charge in [0.25, 0.3) is 0 Å². The molecule has 19 heavy (non-hydrogen) atoms. The van der Waals surface area contributed by atoms with Crippen LogP contribution in [0.15, 0.2) is 0 Å². The second-order valence-corrected chi connectivity index (χ2v) is 6.54. The molecule has 5 nitrogen and oxygen atoms in total. The van der Waals surface area contributed by atoms with Gasteiger partial charge < -0.3 is 15.6 Å². The normalized spacial score (nSPS) is 41.0. The van der Waals surface area contributed by atoms with Crippen LogP contribution in [-0.4, -0.2) is 29.2 Å². The zero-order valence-electron chi connectivity index (χ0n) is 11.0. The summed E-state index contributed by atoms with van der Waals surface area (Å²) >= 11 is 0. The minimum atomic E-state index is -1.06. The number of hydrogen-bond acceptors (Lipinski definition) is 4. The van der Waals surface area contributed by atoms with E-state index in [1.165, 1.54) is 32.1 Å². The molecule has 0 amide bonds. The highest BCUT2D eigenvalue weighted by atomic mass is 16.5. The van der Waals surface area contributed by atoms with Gasteiger partial charge in [-0.25, -0.2) is 0 Å². The van der Waals surface area contributed by atoms with E-state index in [1.54, 1.807) is 0 Å². The molecular weight excluding hydrogens is 246 g/mol. The zero-order chi connectivity index (χ0) is 13.6. The number of esters is 1. The van der Waals surface area contributed by atoms with Crippen LogP contribution in [0.2, 0.25) is 0 Å². The van der Waals surface area contributed by atoms with E-state index in [-0.39, 0.29) is 12.5 Å². The van der Waals surface area contributed by atoms with Crippen LogP contribution < -0.4 is 5.73 Å². The van der Waals surface area contributed by atoms with Crippen LogP contribution in [0, 0.1) is 23.7 Å². The summed E-state index contributed by atoms with van der Waals surface area (Å²) in [6.45, 7) is 0. The summed E-state index contributed by atoms with van der Waals surface area (Å²) in [6, 6.07) is -1.03. The van der Waals surface area contributed by atoms with Crippen LogP contribution in [-0.2, 0) is 14.3 Å². The molecule has 0 radical (unpaired) electrons. The van der Waals surface area contributed by atoms with Gasteiger partial charge in [0.15, 0.2) is 0 Å². The number of carboxylic acids is 1. The Hall–Kier alpha value is -1.10. The molecule has 1 atom stereocenters. The van der Waals surface area contributed by atoms with Crippen molar-refractivity contribution in [1.82, 2.24) is 0 Å². The molecule has 4 saturated carbocycles. The predicted molar refractivity (Wildman–Crippen MR) is 67.2 cm³/mol. The van der Waals surface area contributed by atoms with E-state index in [9.17, 15) is 9.59 Å². The van der Waals surface area contributed by atoms with Crippen molar-refractivity contribution in [3.63, 3.8) is 0 Å². The van der Waals surface area contributed by atoms with Crippen molar-refractivity contribution in [3.05, 3.63) is 0 Å². The van der Waals surface area contributed by atoms with Gasteiger partial charge in [0.05, 0.1) is 6.42 Å². The van der Waals surface area contributed by atoms with Crippen molar-refractivity contribution in [2.45, 2.75) is 50.7 Å². The van der Waals surface area contributed by atoms with E-state index < -0.39 is 18.0 Å². The highest BCUT2D eigenvalue weighted by Gasteiger charge is 2.50. The van der Waals surface area contributed by atoms with Crippen molar-refractivity contribution in [2.75, 3.05) is 0 Å². The van der Waals surface area contributed by atoms with Gasteiger partial charge in [-0.2, -0.15) is 0 Å². The summed E-state index contributed by atoms with van der Waals surface area (Å²) < 4.78 is 5.56. The first-order chi connectivity index (χ1) is 9.02. The topological polar surface area (TPSA) is 89.6 Å². The second kappa shape index (κ2) is 4.78. The third kappa shape index (κ3) is 2.48. The minimum absolute atomic E-state index is 0.0138. The van der Waals surface area contributed by atoms with Crippen LogP contribution >= 0.6 is 0 Å². The molecule has 4 fully saturated rings. The lowest BCUT2D eigenvalue weighted by Gasteiger charge is -2.53. The van der Waals surface area contributed by atoms with Gasteiger partial charge in [-0.1, -0.05) is 0 Å². The van der Waals surface area contributed by atoms with Gasteiger partial charge in [0.2, 0.25) is 0 Å². The smallest absolute Gasteiger partial charge is 0.323 e. The molecule has 1 unspecified atom stereocenters. The molecule has 0 heterocycles. The lowest BCUT2D eigenvalue weighted by molar-refractivity contribution is -0.173. The monoisotopic (exact) mass is 267 g/mol. The molecule has 4 rings (SSSR count). The van der Waals surface area contributed by atoms with Gasteiger partial charge in [-0.15, -0.1) is 0 Å². The van der Waals surface area contributed by atoms with Crippen LogP contribution in [0.25, 0.3) is 0 Å². The molecule has 5 heteroatoms. The molecule has 106 valence electrons. The van der Waals surface area contributed by atoms with Crippen LogP contribution in [0.1, 0.15) is 38.5 Å². The van der Waals surface area contributed by atoms with Crippen LogP contribution in [0.3, 0.4) is 0 Å². The first-order valence-corrected chi connectivity index (χ1v) is 7.20. The highest BCUT2D eigenvalue weighted by Crippen LogP contribution is 2.54. The molecule has 0 saturated heterocycles. The maximum absolute atomic E-state index is 11.9. The summed E-state index contributed by atoms with van der Waals surface area (Å²) in [6.07, 6.45) is 5.65. The van der Waals surface area contributed by atoms with E-state index in [4.69, 9.17) is 15.6 Å². The Kier molecular flexibility index (Phi) is 3.25. The maximum Gasteiger partial charge on any atom is 0.323 e. The molecular formula is C14H21NO4. The third-order valence-corrected chi connectivity index (χ3v) is 5.09. The molecule has 4 aliphatic carbocycles. The largest absolute Gasteiger partial charge is 0.481 e. The Balaban J connectivity index is 1.61. The number of aliphatic carboxylic acids is 1. The van der Waals surface area contributed by atoms with E-state index >= 15 is 0 Å². The average Bonchev–Trinajstić information content (AvgIpc) is 2.31. The summed E-state index contributed by atoms with van der Waals surface area (Å²) in [4.78, 5) is 22.4. The Morgan fingerprint density at radius 3 is 2.11 bits per heavy atom. The summed E-state index contributed by atoms with van der Waals surface area (Å²) in [5, 5.41) is 8.65. The molecule has 4 bridgehead atoms. The summed E-state index contributed by atoms with van der Waals surface area (Å²) in [5.74, 6) is 1.01. The van der Waals surface area contributed by atoms with Gasteiger partial charge in [0, 0.05) is 0 Å². The second-order valence-electron chi connectivity index (χ2n) is 6.54. The van der Waals surface area contributed by atoms with E-state index in [0.717, 1.165) is 11.8 Å². The van der Waals surface area contributed by atoms with Gasteiger partial charge in [-0.3, -0.25) is 9.59 Å². The third-order valence-electron chi connectivity index (χ3n) is 5.09. The number of rotatable bonds is 4. The molecule has 0 aromatic rings. The average molecular weight is 267 g/mol. The Morgan fingerprint density at radius 2 is 1.63 bits per heavy atom. The van der Waals surface area contributed by atoms with Crippen molar-refractivity contribution in [3.8, 4) is 0 Å².